The third-order valence-corrected chi connectivity index (χ3v) is 5.21. The van der Waals surface area contributed by atoms with Crippen molar-refractivity contribution < 1.29 is 18.0 Å². The van der Waals surface area contributed by atoms with Crippen LogP contribution in [0.5, 0.6) is 0 Å². The number of pyridine rings is 1. The molecule has 2 heterocycles. The topological polar surface area (TPSA) is 42.3 Å². The number of nitrogens with zero attached hydrogens (tertiary/aromatic N) is 2. The zero-order valence-corrected chi connectivity index (χ0v) is 16.2. The van der Waals surface area contributed by atoms with Gasteiger partial charge < -0.3 is 4.90 Å². The summed E-state index contributed by atoms with van der Waals surface area (Å²) in [5.41, 5.74) is 1.94. The minimum absolute atomic E-state index is 0.0548. The van der Waals surface area contributed by atoms with E-state index in [1.54, 1.807) is 4.90 Å². The van der Waals surface area contributed by atoms with E-state index in [0.717, 1.165) is 46.4 Å². The maximum absolute atomic E-state index is 13.2. The molecule has 0 fully saturated rings. The van der Waals surface area contributed by atoms with E-state index in [1.165, 1.54) is 30.5 Å². The van der Waals surface area contributed by atoms with Crippen molar-refractivity contribution in [3.05, 3.63) is 93.4 Å². The Kier molecular flexibility index (Phi) is 4.97. The Bertz CT molecular complexity index is 1180. The smallest absolute Gasteiger partial charge is 0.308 e. The van der Waals surface area contributed by atoms with Crippen molar-refractivity contribution in [1.82, 2.24) is 4.57 Å². The van der Waals surface area contributed by atoms with Crippen LogP contribution >= 0.6 is 0 Å². The van der Waals surface area contributed by atoms with Gasteiger partial charge in [0.2, 0.25) is 0 Å². The molecule has 2 aromatic carbocycles. The van der Waals surface area contributed by atoms with Crippen LogP contribution in [-0.4, -0.2) is 17.0 Å². The predicted octanol–water partition coefficient (Wildman–Crippen LogP) is 4.76. The molecule has 3 aromatic rings. The van der Waals surface area contributed by atoms with Gasteiger partial charge in [-0.25, -0.2) is 0 Å². The minimum atomic E-state index is -4.53. The third-order valence-electron chi connectivity index (χ3n) is 5.21. The van der Waals surface area contributed by atoms with Crippen molar-refractivity contribution in [3.8, 4) is 5.69 Å². The zero-order valence-electron chi connectivity index (χ0n) is 16.2. The molecule has 1 amide bonds. The van der Waals surface area contributed by atoms with Crippen molar-refractivity contribution >= 4 is 11.6 Å². The maximum Gasteiger partial charge on any atom is 0.416 e. The highest BCUT2D eigenvalue weighted by Gasteiger charge is 2.30. The quantitative estimate of drug-likeness (QED) is 0.609. The number of carbonyl (C=O) groups excluding carboxylic acids is 1. The number of anilines is 1. The Morgan fingerprint density at radius 2 is 1.83 bits per heavy atom. The molecule has 0 saturated heterocycles. The zero-order chi connectivity index (χ0) is 21.5. The predicted molar refractivity (Wildman–Crippen MR) is 108 cm³/mol. The number of aromatic nitrogens is 1. The first-order chi connectivity index (χ1) is 14.2. The fourth-order valence-corrected chi connectivity index (χ4v) is 3.74. The average molecular weight is 412 g/mol. The highest BCUT2D eigenvalue weighted by molar-refractivity contribution is 6.06. The van der Waals surface area contributed by atoms with Crippen molar-refractivity contribution in [2.24, 2.45) is 0 Å². The lowest BCUT2D eigenvalue weighted by atomic mass is 9.99. The van der Waals surface area contributed by atoms with Crippen molar-refractivity contribution in [3.63, 3.8) is 0 Å². The molecule has 30 heavy (non-hydrogen) atoms. The molecule has 154 valence electrons. The molecule has 4 rings (SSSR count). The number of amides is 1. The van der Waals surface area contributed by atoms with Crippen LogP contribution in [0.1, 0.15) is 33.5 Å². The van der Waals surface area contributed by atoms with Crippen LogP contribution in [0.15, 0.2) is 65.6 Å². The van der Waals surface area contributed by atoms with Crippen LogP contribution in [0, 0.1) is 6.92 Å². The van der Waals surface area contributed by atoms with E-state index < -0.39 is 17.3 Å². The van der Waals surface area contributed by atoms with Crippen LogP contribution in [0.4, 0.5) is 18.9 Å². The van der Waals surface area contributed by atoms with Gasteiger partial charge in [0.05, 0.1) is 11.1 Å². The Hall–Kier alpha value is -3.35. The highest BCUT2D eigenvalue weighted by atomic mass is 19.4. The molecule has 7 heteroatoms. The average Bonchev–Trinajstić information content (AvgIpc) is 2.72. The maximum atomic E-state index is 13.2. The number of hydrogen-bond acceptors (Lipinski definition) is 2. The monoisotopic (exact) mass is 412 g/mol. The summed E-state index contributed by atoms with van der Waals surface area (Å²) in [5.74, 6) is -0.291. The van der Waals surface area contributed by atoms with Crippen LogP contribution in [0.2, 0.25) is 0 Å². The van der Waals surface area contributed by atoms with E-state index in [1.807, 2.05) is 19.1 Å². The molecule has 0 bridgehead atoms. The highest BCUT2D eigenvalue weighted by Crippen LogP contribution is 2.31. The van der Waals surface area contributed by atoms with E-state index in [0.29, 0.717) is 6.54 Å². The molecule has 1 aliphatic heterocycles. The first-order valence-electron chi connectivity index (χ1n) is 9.56. The number of alkyl halides is 3. The summed E-state index contributed by atoms with van der Waals surface area (Å²) in [4.78, 5) is 27.2. The fraction of sp³-hybridized carbons (Fsp3) is 0.217. The first kappa shape index (κ1) is 19.9. The Morgan fingerprint density at radius 3 is 2.60 bits per heavy atom. The molecule has 0 radical (unpaired) electrons. The summed E-state index contributed by atoms with van der Waals surface area (Å²) in [7, 11) is 0. The Morgan fingerprint density at radius 1 is 1.03 bits per heavy atom. The van der Waals surface area contributed by atoms with Gasteiger partial charge >= 0.3 is 6.18 Å². The molecule has 0 spiro atoms. The van der Waals surface area contributed by atoms with E-state index in [2.05, 4.69) is 6.07 Å². The number of benzene rings is 2. The molecule has 0 N–H and O–H groups in total. The summed E-state index contributed by atoms with van der Waals surface area (Å²) in [6.07, 6.45) is -1.52. The van der Waals surface area contributed by atoms with Crippen molar-refractivity contribution in [2.45, 2.75) is 25.9 Å². The summed E-state index contributed by atoms with van der Waals surface area (Å²) in [6, 6.07) is 13.0. The minimum Gasteiger partial charge on any atom is -0.308 e. The van der Waals surface area contributed by atoms with Crippen LogP contribution in [-0.2, 0) is 12.6 Å². The number of halogens is 3. The molecular formula is C23H19F3N2O2. The molecule has 0 saturated carbocycles. The molecule has 0 aliphatic carbocycles. The second kappa shape index (κ2) is 7.48. The van der Waals surface area contributed by atoms with E-state index in [9.17, 15) is 22.8 Å². The van der Waals surface area contributed by atoms with Crippen LogP contribution in [0.25, 0.3) is 5.69 Å². The number of fused-ring (bicyclic) bond motifs is 1. The number of rotatable bonds is 2. The van der Waals surface area contributed by atoms with Gasteiger partial charge in [0.1, 0.15) is 0 Å². The van der Waals surface area contributed by atoms with Crippen LogP contribution in [0.3, 0.4) is 0 Å². The largest absolute Gasteiger partial charge is 0.416 e. The number of hydrogen-bond donors (Lipinski definition) is 0. The van der Waals surface area contributed by atoms with Crippen LogP contribution < -0.4 is 10.5 Å². The molecule has 1 aromatic heterocycles. The molecule has 4 nitrogen and oxygen atoms in total. The summed E-state index contributed by atoms with van der Waals surface area (Å²) in [5, 5.41) is 0. The second-order valence-corrected chi connectivity index (χ2v) is 7.37. The van der Waals surface area contributed by atoms with Gasteiger partial charge in [0.25, 0.3) is 11.5 Å². The molecule has 1 aliphatic rings. The summed E-state index contributed by atoms with van der Waals surface area (Å²) in [6.45, 7) is 2.53. The normalized spacial score (nSPS) is 13.8. The van der Waals surface area contributed by atoms with E-state index in [-0.39, 0.29) is 17.2 Å². The van der Waals surface area contributed by atoms with Gasteiger partial charge in [-0.2, -0.15) is 13.2 Å². The molecule has 0 unspecified atom stereocenters. The van der Waals surface area contributed by atoms with Gasteiger partial charge in [-0.05, 0) is 55.7 Å². The lowest BCUT2D eigenvalue weighted by molar-refractivity contribution is -0.137. The van der Waals surface area contributed by atoms with E-state index in [4.69, 9.17) is 0 Å². The second-order valence-electron chi connectivity index (χ2n) is 7.37. The van der Waals surface area contributed by atoms with Gasteiger partial charge in [0.15, 0.2) is 0 Å². The molecular weight excluding hydrogens is 393 g/mol. The van der Waals surface area contributed by atoms with Gasteiger partial charge in [-0.15, -0.1) is 0 Å². The Balaban J connectivity index is 1.73. The van der Waals surface area contributed by atoms with Gasteiger partial charge in [0, 0.05) is 30.2 Å². The molecule has 0 atom stereocenters. The lowest BCUT2D eigenvalue weighted by Crippen LogP contribution is -2.36. The van der Waals surface area contributed by atoms with Crippen molar-refractivity contribution in [1.29, 1.82) is 0 Å². The van der Waals surface area contributed by atoms with Gasteiger partial charge in [-0.3, -0.25) is 14.2 Å². The number of carbonyl (C=O) groups is 1. The first-order valence-corrected chi connectivity index (χ1v) is 9.56. The standard InChI is InChI=1S/C23H19F3N2O2/c1-15-7-9-20-16(12-15)4-3-11-27(20)22(30)17-8-10-21(29)28(14-17)19-6-2-5-18(13-19)23(24,25)26/h2,5-10,12-14H,3-4,11H2,1H3. The lowest BCUT2D eigenvalue weighted by Gasteiger charge is -2.30. The van der Waals surface area contributed by atoms with Crippen molar-refractivity contribution in [2.75, 3.05) is 11.4 Å². The van der Waals surface area contributed by atoms with Gasteiger partial charge in [-0.1, -0.05) is 23.8 Å². The summed E-state index contributed by atoms with van der Waals surface area (Å²) >= 11 is 0. The third kappa shape index (κ3) is 3.75. The Labute approximate surface area is 171 Å². The van der Waals surface area contributed by atoms with E-state index >= 15 is 0 Å². The fourth-order valence-electron chi connectivity index (χ4n) is 3.74. The summed E-state index contributed by atoms with van der Waals surface area (Å²) < 4.78 is 40.2. The SMILES string of the molecule is Cc1ccc2c(c1)CCCN2C(=O)c1ccc(=O)n(-c2cccc(C(F)(F)F)c2)c1. The number of aryl methyl sites for hydroxylation is 2.